The molecule has 20 heavy (non-hydrogen) atoms. The van der Waals surface area contributed by atoms with E-state index in [1.54, 1.807) is 0 Å². The number of benzene rings is 1. The topological polar surface area (TPSA) is 117 Å². The quantitative estimate of drug-likeness (QED) is 0.662. The SMILES string of the molecule is COCC(N)c1noc(-c2ccc(Cl)cc2[N+](=O)[O-])n1. The summed E-state index contributed by atoms with van der Waals surface area (Å²) in [5, 5.41) is 14.9. The number of nitro groups is 1. The number of nitrogens with zero attached hydrogens (tertiary/aromatic N) is 3. The first-order chi connectivity index (χ1) is 9.52. The minimum absolute atomic E-state index is 0.00918. The van der Waals surface area contributed by atoms with E-state index in [4.69, 9.17) is 26.6 Å². The van der Waals surface area contributed by atoms with Gasteiger partial charge in [-0.2, -0.15) is 4.98 Å². The molecule has 0 radical (unpaired) electrons. The van der Waals surface area contributed by atoms with Gasteiger partial charge in [-0.1, -0.05) is 16.8 Å². The minimum atomic E-state index is -0.569. The van der Waals surface area contributed by atoms with Crippen LogP contribution in [0.4, 0.5) is 5.69 Å². The molecule has 9 heteroatoms. The lowest BCUT2D eigenvalue weighted by atomic mass is 10.2. The highest BCUT2D eigenvalue weighted by molar-refractivity contribution is 6.30. The molecule has 0 fully saturated rings. The molecule has 0 aliphatic rings. The Hall–Kier alpha value is -2.03. The number of halogens is 1. The van der Waals surface area contributed by atoms with E-state index in [0.29, 0.717) is 0 Å². The third kappa shape index (κ3) is 2.93. The van der Waals surface area contributed by atoms with Gasteiger partial charge in [0.2, 0.25) is 0 Å². The summed E-state index contributed by atoms with van der Waals surface area (Å²) < 4.78 is 9.88. The summed E-state index contributed by atoms with van der Waals surface area (Å²) in [4.78, 5) is 14.5. The Labute approximate surface area is 118 Å². The van der Waals surface area contributed by atoms with E-state index in [1.807, 2.05) is 0 Å². The lowest BCUT2D eigenvalue weighted by molar-refractivity contribution is -0.384. The van der Waals surface area contributed by atoms with Crippen LogP contribution in [0.5, 0.6) is 0 Å². The molecule has 106 valence electrons. The van der Waals surface area contributed by atoms with E-state index in [2.05, 4.69) is 10.1 Å². The number of rotatable bonds is 5. The van der Waals surface area contributed by atoms with Gasteiger partial charge in [0.05, 0.1) is 17.6 Å². The summed E-state index contributed by atoms with van der Waals surface area (Å²) in [6, 6.07) is 3.60. The standard InChI is InChI=1S/C11H11ClN4O4/c1-19-5-8(13)10-14-11(20-15-10)7-3-2-6(12)4-9(7)16(17)18/h2-4,8H,5,13H2,1H3. The van der Waals surface area contributed by atoms with Crippen molar-refractivity contribution in [3.63, 3.8) is 0 Å². The number of methoxy groups -OCH3 is 1. The number of aromatic nitrogens is 2. The lowest BCUT2D eigenvalue weighted by Crippen LogP contribution is -2.17. The Balaban J connectivity index is 2.40. The van der Waals surface area contributed by atoms with Gasteiger partial charge in [0, 0.05) is 18.2 Å². The van der Waals surface area contributed by atoms with Crippen LogP contribution in [0, 0.1) is 10.1 Å². The molecule has 1 atom stereocenters. The Kier molecular flexibility index (Phi) is 4.28. The molecule has 1 heterocycles. The number of ether oxygens (including phenoxy) is 1. The van der Waals surface area contributed by atoms with Crippen molar-refractivity contribution in [2.75, 3.05) is 13.7 Å². The molecule has 8 nitrogen and oxygen atoms in total. The molecule has 0 spiro atoms. The Morgan fingerprint density at radius 1 is 1.60 bits per heavy atom. The largest absolute Gasteiger partial charge is 0.383 e. The highest BCUT2D eigenvalue weighted by Crippen LogP contribution is 2.31. The molecule has 0 saturated heterocycles. The summed E-state index contributed by atoms with van der Waals surface area (Å²) in [6.45, 7) is 0.210. The first kappa shape index (κ1) is 14.4. The molecule has 1 aromatic carbocycles. The molecule has 1 aromatic heterocycles. The molecule has 0 amide bonds. The third-order valence-electron chi connectivity index (χ3n) is 2.51. The molecule has 2 aromatic rings. The van der Waals surface area contributed by atoms with Gasteiger partial charge in [-0.3, -0.25) is 10.1 Å². The van der Waals surface area contributed by atoms with Crippen LogP contribution in [-0.4, -0.2) is 28.8 Å². The maximum atomic E-state index is 11.0. The maximum Gasteiger partial charge on any atom is 0.283 e. The molecular weight excluding hydrogens is 288 g/mol. The second-order valence-electron chi connectivity index (χ2n) is 3.94. The summed E-state index contributed by atoms with van der Waals surface area (Å²) >= 11 is 5.74. The van der Waals surface area contributed by atoms with Crippen molar-refractivity contribution in [2.45, 2.75) is 6.04 Å². The van der Waals surface area contributed by atoms with Crippen molar-refractivity contribution in [3.8, 4) is 11.5 Å². The van der Waals surface area contributed by atoms with Gasteiger partial charge in [-0.05, 0) is 12.1 Å². The van der Waals surface area contributed by atoms with Crippen molar-refractivity contribution < 1.29 is 14.2 Å². The van der Waals surface area contributed by atoms with E-state index in [0.717, 1.165) is 0 Å². The molecule has 0 aliphatic carbocycles. The smallest absolute Gasteiger partial charge is 0.283 e. The number of hydrogen-bond donors (Lipinski definition) is 1. The first-order valence-electron chi connectivity index (χ1n) is 5.55. The van der Waals surface area contributed by atoms with Gasteiger partial charge in [0.15, 0.2) is 5.82 Å². The number of nitro benzene ring substituents is 1. The van der Waals surface area contributed by atoms with Gasteiger partial charge in [0.1, 0.15) is 5.56 Å². The molecule has 2 rings (SSSR count). The predicted octanol–water partition coefficient (Wildman–Crippen LogP) is 1.94. The Bertz CT molecular complexity index is 631. The van der Waals surface area contributed by atoms with Crippen LogP contribution < -0.4 is 5.73 Å². The lowest BCUT2D eigenvalue weighted by Gasteiger charge is -2.03. The van der Waals surface area contributed by atoms with Gasteiger partial charge < -0.3 is 15.0 Å². The second kappa shape index (κ2) is 5.95. The minimum Gasteiger partial charge on any atom is -0.383 e. The number of hydrogen-bond acceptors (Lipinski definition) is 7. The summed E-state index contributed by atoms with van der Waals surface area (Å²) in [6.07, 6.45) is 0. The first-order valence-corrected chi connectivity index (χ1v) is 5.93. The average molecular weight is 299 g/mol. The fraction of sp³-hybridized carbons (Fsp3) is 0.273. The van der Waals surface area contributed by atoms with Crippen LogP contribution in [0.2, 0.25) is 5.02 Å². The summed E-state index contributed by atoms with van der Waals surface area (Å²) in [5.41, 5.74) is 5.72. The normalized spacial score (nSPS) is 12.3. The third-order valence-corrected chi connectivity index (χ3v) is 2.74. The maximum absolute atomic E-state index is 11.0. The zero-order valence-corrected chi connectivity index (χ0v) is 11.2. The van der Waals surface area contributed by atoms with E-state index in [-0.39, 0.29) is 34.6 Å². The molecule has 0 saturated carbocycles. The van der Waals surface area contributed by atoms with Crippen LogP contribution in [-0.2, 0) is 4.74 Å². The average Bonchev–Trinajstić information content (AvgIpc) is 2.88. The summed E-state index contributed by atoms with van der Waals surface area (Å²) in [7, 11) is 1.49. The predicted molar refractivity (Wildman–Crippen MR) is 70.2 cm³/mol. The zero-order valence-electron chi connectivity index (χ0n) is 10.4. The van der Waals surface area contributed by atoms with E-state index in [9.17, 15) is 10.1 Å². The highest BCUT2D eigenvalue weighted by Gasteiger charge is 2.22. The van der Waals surface area contributed by atoms with Crippen LogP contribution in [0.25, 0.3) is 11.5 Å². The van der Waals surface area contributed by atoms with E-state index < -0.39 is 11.0 Å². The van der Waals surface area contributed by atoms with E-state index >= 15 is 0 Å². The van der Waals surface area contributed by atoms with Crippen molar-refractivity contribution in [3.05, 3.63) is 39.2 Å². The van der Waals surface area contributed by atoms with Crippen molar-refractivity contribution >= 4 is 17.3 Å². The number of nitrogens with two attached hydrogens (primary N) is 1. The van der Waals surface area contributed by atoms with Gasteiger partial charge in [0.25, 0.3) is 11.6 Å². The van der Waals surface area contributed by atoms with Gasteiger partial charge >= 0.3 is 0 Å². The Morgan fingerprint density at radius 3 is 3.00 bits per heavy atom. The Morgan fingerprint density at radius 2 is 2.35 bits per heavy atom. The van der Waals surface area contributed by atoms with Crippen LogP contribution in [0.3, 0.4) is 0 Å². The van der Waals surface area contributed by atoms with Crippen LogP contribution in [0.15, 0.2) is 22.7 Å². The molecule has 0 aliphatic heterocycles. The molecular formula is C11H11ClN4O4. The van der Waals surface area contributed by atoms with Gasteiger partial charge in [-0.25, -0.2) is 0 Å². The highest BCUT2D eigenvalue weighted by atomic mass is 35.5. The summed E-state index contributed by atoms with van der Waals surface area (Å²) in [5.74, 6) is 0.223. The fourth-order valence-electron chi connectivity index (χ4n) is 1.59. The molecule has 0 bridgehead atoms. The molecule has 2 N–H and O–H groups in total. The van der Waals surface area contributed by atoms with E-state index in [1.165, 1.54) is 25.3 Å². The van der Waals surface area contributed by atoms with Gasteiger partial charge in [-0.15, -0.1) is 0 Å². The van der Waals surface area contributed by atoms with Crippen molar-refractivity contribution in [1.29, 1.82) is 0 Å². The fourth-order valence-corrected chi connectivity index (χ4v) is 1.75. The van der Waals surface area contributed by atoms with Crippen LogP contribution >= 0.6 is 11.6 Å². The monoisotopic (exact) mass is 298 g/mol. The van der Waals surface area contributed by atoms with Crippen molar-refractivity contribution in [2.24, 2.45) is 5.73 Å². The molecule has 1 unspecified atom stereocenters. The zero-order chi connectivity index (χ0) is 14.7. The second-order valence-corrected chi connectivity index (χ2v) is 4.37. The van der Waals surface area contributed by atoms with Crippen LogP contribution in [0.1, 0.15) is 11.9 Å². The van der Waals surface area contributed by atoms with Crippen molar-refractivity contribution in [1.82, 2.24) is 10.1 Å².